The van der Waals surface area contributed by atoms with Crippen molar-refractivity contribution in [3.8, 4) is 0 Å². The SMILES string of the molecule is CS(=O)(=O)N1CCC(C(=O)N2CCC(C(=O)Nc3ccc(S(N)(=O)=O)cc3)CC2)CC1. The van der Waals surface area contributed by atoms with Gasteiger partial charge in [-0.2, -0.15) is 0 Å². The van der Waals surface area contributed by atoms with Crippen LogP contribution >= 0.6 is 0 Å². The summed E-state index contributed by atoms with van der Waals surface area (Å²) in [4.78, 5) is 27.1. The van der Waals surface area contributed by atoms with Gasteiger partial charge in [0, 0.05) is 43.7 Å². The summed E-state index contributed by atoms with van der Waals surface area (Å²) in [7, 11) is -7.01. The lowest BCUT2D eigenvalue weighted by atomic mass is 9.92. The minimum atomic E-state index is -3.79. The van der Waals surface area contributed by atoms with Gasteiger partial charge in [0.15, 0.2) is 0 Å². The Morgan fingerprint density at radius 2 is 1.42 bits per heavy atom. The zero-order chi connectivity index (χ0) is 22.8. The summed E-state index contributed by atoms with van der Waals surface area (Å²) in [5, 5.41) is 7.84. The Bertz CT molecular complexity index is 1020. The van der Waals surface area contributed by atoms with Gasteiger partial charge >= 0.3 is 0 Å². The Hall–Kier alpha value is -2.02. The lowest BCUT2D eigenvalue weighted by Gasteiger charge is -2.36. The van der Waals surface area contributed by atoms with Gasteiger partial charge in [-0.25, -0.2) is 26.3 Å². The average molecular weight is 473 g/mol. The van der Waals surface area contributed by atoms with Crippen LogP contribution in [0.25, 0.3) is 0 Å². The topological polar surface area (TPSA) is 147 Å². The van der Waals surface area contributed by atoms with E-state index in [4.69, 9.17) is 5.14 Å². The zero-order valence-corrected chi connectivity index (χ0v) is 19.0. The van der Waals surface area contributed by atoms with Crippen LogP contribution in [-0.4, -0.2) is 70.3 Å². The number of primary sulfonamides is 1. The third kappa shape index (κ3) is 6.03. The van der Waals surface area contributed by atoms with Crippen LogP contribution in [0.2, 0.25) is 0 Å². The van der Waals surface area contributed by atoms with Crippen molar-refractivity contribution in [1.82, 2.24) is 9.21 Å². The number of sulfonamides is 2. The molecule has 0 bridgehead atoms. The molecule has 3 rings (SSSR count). The highest BCUT2D eigenvalue weighted by atomic mass is 32.2. The molecular weight excluding hydrogens is 444 g/mol. The number of hydrogen-bond donors (Lipinski definition) is 2. The number of benzene rings is 1. The van der Waals surface area contributed by atoms with Gasteiger partial charge in [0.2, 0.25) is 31.9 Å². The molecule has 2 aliphatic heterocycles. The molecule has 0 aromatic heterocycles. The first kappa shape index (κ1) is 23.6. The molecule has 10 nitrogen and oxygen atoms in total. The Morgan fingerprint density at radius 3 is 1.90 bits per heavy atom. The summed E-state index contributed by atoms with van der Waals surface area (Å²) in [5.41, 5.74) is 0.480. The summed E-state index contributed by atoms with van der Waals surface area (Å²) in [6, 6.07) is 5.64. The van der Waals surface area contributed by atoms with E-state index in [1.54, 1.807) is 4.90 Å². The van der Waals surface area contributed by atoms with Crippen LogP contribution in [0.5, 0.6) is 0 Å². The summed E-state index contributed by atoms with van der Waals surface area (Å²) in [6.07, 6.45) is 3.28. The fourth-order valence-corrected chi connectivity index (χ4v) is 5.42. The number of rotatable bonds is 5. The standard InChI is InChI=1S/C19H28N4O6S2/c1-30(26,27)23-12-8-15(9-13-23)19(25)22-10-6-14(7-11-22)18(24)21-16-2-4-17(5-3-16)31(20,28)29/h2-5,14-15H,6-13H2,1H3,(H,21,24)(H2,20,28,29). The molecule has 2 aliphatic rings. The first-order valence-electron chi connectivity index (χ1n) is 10.1. The number of nitrogens with one attached hydrogen (secondary N) is 1. The van der Waals surface area contributed by atoms with Crippen LogP contribution < -0.4 is 10.5 Å². The van der Waals surface area contributed by atoms with Crippen molar-refractivity contribution in [3.63, 3.8) is 0 Å². The molecule has 3 N–H and O–H groups in total. The second-order valence-electron chi connectivity index (χ2n) is 8.09. The molecule has 2 amide bonds. The second kappa shape index (κ2) is 9.23. The lowest BCUT2D eigenvalue weighted by Crippen LogP contribution is -2.47. The normalized spacial score (nSPS) is 19.9. The molecule has 0 spiro atoms. The van der Waals surface area contributed by atoms with Crippen LogP contribution in [0.1, 0.15) is 25.7 Å². The van der Waals surface area contributed by atoms with E-state index in [2.05, 4.69) is 5.32 Å². The highest BCUT2D eigenvalue weighted by Crippen LogP contribution is 2.25. The zero-order valence-electron chi connectivity index (χ0n) is 17.4. The molecule has 0 saturated carbocycles. The largest absolute Gasteiger partial charge is 0.342 e. The number of likely N-dealkylation sites (tertiary alicyclic amines) is 1. The number of nitrogens with two attached hydrogens (primary N) is 1. The first-order valence-corrected chi connectivity index (χ1v) is 13.5. The Morgan fingerprint density at radius 1 is 0.903 bits per heavy atom. The molecule has 0 atom stereocenters. The molecule has 12 heteroatoms. The molecule has 2 heterocycles. The number of amides is 2. The van der Waals surface area contributed by atoms with E-state index >= 15 is 0 Å². The van der Waals surface area contributed by atoms with Gasteiger partial charge in [0.05, 0.1) is 11.2 Å². The van der Waals surface area contributed by atoms with Crippen LogP contribution in [0, 0.1) is 11.8 Å². The molecule has 0 aliphatic carbocycles. The van der Waals surface area contributed by atoms with Gasteiger partial charge in [0.25, 0.3) is 0 Å². The van der Waals surface area contributed by atoms with Crippen molar-refractivity contribution in [2.45, 2.75) is 30.6 Å². The lowest BCUT2D eigenvalue weighted by molar-refractivity contribution is -0.139. The molecule has 2 fully saturated rings. The molecule has 1 aromatic rings. The van der Waals surface area contributed by atoms with E-state index in [0.29, 0.717) is 57.5 Å². The molecule has 0 radical (unpaired) electrons. The smallest absolute Gasteiger partial charge is 0.238 e. The van der Waals surface area contributed by atoms with E-state index < -0.39 is 20.0 Å². The average Bonchev–Trinajstić information content (AvgIpc) is 2.72. The van der Waals surface area contributed by atoms with Crippen LogP contribution in [-0.2, 0) is 29.6 Å². The van der Waals surface area contributed by atoms with E-state index in [0.717, 1.165) is 0 Å². The monoisotopic (exact) mass is 472 g/mol. The number of carbonyl (C=O) groups is 2. The molecule has 1 aromatic carbocycles. The maximum absolute atomic E-state index is 12.8. The number of anilines is 1. The van der Waals surface area contributed by atoms with E-state index in [1.165, 1.54) is 34.8 Å². The summed E-state index contributed by atoms with van der Waals surface area (Å²) in [5.74, 6) is -0.558. The number of carbonyl (C=O) groups excluding carboxylic acids is 2. The van der Waals surface area contributed by atoms with E-state index in [-0.39, 0.29) is 28.5 Å². The Labute approximate surface area is 182 Å². The van der Waals surface area contributed by atoms with Gasteiger partial charge in [0.1, 0.15) is 0 Å². The minimum Gasteiger partial charge on any atom is -0.342 e. The molecule has 0 unspecified atom stereocenters. The Kier molecular flexibility index (Phi) is 7.04. The number of hydrogen-bond acceptors (Lipinski definition) is 6. The highest BCUT2D eigenvalue weighted by Gasteiger charge is 2.34. The van der Waals surface area contributed by atoms with Crippen LogP contribution in [0.15, 0.2) is 29.2 Å². The van der Waals surface area contributed by atoms with E-state index in [9.17, 15) is 26.4 Å². The fraction of sp³-hybridized carbons (Fsp3) is 0.579. The van der Waals surface area contributed by atoms with Crippen molar-refractivity contribution < 1.29 is 26.4 Å². The first-order chi connectivity index (χ1) is 14.4. The molecule has 31 heavy (non-hydrogen) atoms. The maximum atomic E-state index is 12.8. The fourth-order valence-electron chi connectivity index (χ4n) is 4.03. The predicted molar refractivity (Wildman–Crippen MR) is 115 cm³/mol. The van der Waals surface area contributed by atoms with Gasteiger partial charge in [-0.3, -0.25) is 9.59 Å². The van der Waals surface area contributed by atoms with Crippen molar-refractivity contribution in [3.05, 3.63) is 24.3 Å². The van der Waals surface area contributed by atoms with E-state index in [1.807, 2.05) is 0 Å². The second-order valence-corrected chi connectivity index (χ2v) is 11.6. The van der Waals surface area contributed by atoms with Crippen LogP contribution in [0.4, 0.5) is 5.69 Å². The highest BCUT2D eigenvalue weighted by molar-refractivity contribution is 7.89. The van der Waals surface area contributed by atoms with Gasteiger partial charge in [-0.1, -0.05) is 0 Å². The van der Waals surface area contributed by atoms with Gasteiger partial charge in [-0.05, 0) is 49.9 Å². The van der Waals surface area contributed by atoms with Crippen molar-refractivity contribution >= 4 is 37.5 Å². The Balaban J connectivity index is 1.48. The third-order valence-corrected chi connectivity index (χ3v) is 8.13. The maximum Gasteiger partial charge on any atom is 0.238 e. The molecule has 172 valence electrons. The third-order valence-electron chi connectivity index (χ3n) is 5.90. The number of nitrogens with zero attached hydrogens (tertiary/aromatic N) is 2. The molecule has 2 saturated heterocycles. The number of piperidine rings is 2. The summed E-state index contributed by atoms with van der Waals surface area (Å²) >= 11 is 0. The van der Waals surface area contributed by atoms with Crippen molar-refractivity contribution in [1.29, 1.82) is 0 Å². The summed E-state index contributed by atoms with van der Waals surface area (Å²) in [6.45, 7) is 1.68. The quantitative estimate of drug-likeness (QED) is 0.625. The van der Waals surface area contributed by atoms with Crippen LogP contribution in [0.3, 0.4) is 0 Å². The minimum absolute atomic E-state index is 0.0281. The van der Waals surface area contributed by atoms with Crippen molar-refractivity contribution in [2.24, 2.45) is 17.0 Å². The molecular formula is C19H28N4O6S2. The van der Waals surface area contributed by atoms with Crippen molar-refractivity contribution in [2.75, 3.05) is 37.8 Å². The predicted octanol–water partition coefficient (Wildman–Crippen LogP) is 0.183. The van der Waals surface area contributed by atoms with Gasteiger partial charge < -0.3 is 10.2 Å². The van der Waals surface area contributed by atoms with Gasteiger partial charge in [-0.15, -0.1) is 0 Å². The summed E-state index contributed by atoms with van der Waals surface area (Å²) < 4.78 is 47.2.